The number of aliphatic hydroxyl groups is 1. The Hall–Kier alpha value is -0.860. The molecule has 0 radical (unpaired) electrons. The van der Waals surface area contributed by atoms with Crippen LogP contribution in [0.1, 0.15) is 39.2 Å². The van der Waals surface area contributed by atoms with Crippen molar-refractivity contribution in [2.45, 2.75) is 39.7 Å². The minimum atomic E-state index is 0.190. The van der Waals surface area contributed by atoms with Crippen molar-refractivity contribution in [1.29, 1.82) is 0 Å². The maximum Gasteiger partial charge on any atom is 0.0587 e. The first-order chi connectivity index (χ1) is 8.56. The van der Waals surface area contributed by atoms with Crippen LogP contribution in [0.15, 0.2) is 30.3 Å². The first-order valence-electron chi connectivity index (χ1n) is 6.95. The van der Waals surface area contributed by atoms with E-state index in [1.54, 1.807) is 0 Å². The van der Waals surface area contributed by atoms with Crippen LogP contribution in [0, 0.1) is 11.8 Å². The second kappa shape index (κ2) is 7.55. The smallest absolute Gasteiger partial charge is 0.0587 e. The van der Waals surface area contributed by atoms with E-state index in [2.05, 4.69) is 63.3 Å². The maximum atomic E-state index is 9.36. The van der Waals surface area contributed by atoms with Crippen molar-refractivity contribution in [3.63, 3.8) is 0 Å². The molecule has 0 aromatic heterocycles. The molecule has 0 heterocycles. The Labute approximate surface area is 111 Å². The van der Waals surface area contributed by atoms with Gasteiger partial charge in [-0.25, -0.2) is 0 Å². The van der Waals surface area contributed by atoms with Crippen molar-refractivity contribution in [2.75, 3.05) is 13.2 Å². The molecule has 0 fully saturated rings. The highest BCUT2D eigenvalue weighted by Gasteiger charge is 2.18. The monoisotopic (exact) mass is 249 g/mol. The molecule has 102 valence electrons. The number of hydrogen-bond acceptors (Lipinski definition) is 2. The van der Waals surface area contributed by atoms with Crippen LogP contribution < -0.4 is 5.32 Å². The fourth-order valence-electron chi connectivity index (χ4n) is 2.23. The maximum absolute atomic E-state index is 9.36. The standard InChI is InChI=1S/C16H27NO/c1-12(2)15(14-8-6-5-7-9-14)10-17-16(11-18)13(3)4/h5-9,12-13,15-18H,10-11H2,1-4H3. The van der Waals surface area contributed by atoms with E-state index in [0.29, 0.717) is 17.8 Å². The molecule has 0 bridgehead atoms. The zero-order valence-corrected chi connectivity index (χ0v) is 12.1. The van der Waals surface area contributed by atoms with Crippen molar-refractivity contribution in [1.82, 2.24) is 5.32 Å². The van der Waals surface area contributed by atoms with Crippen molar-refractivity contribution in [2.24, 2.45) is 11.8 Å². The average Bonchev–Trinajstić information content (AvgIpc) is 2.35. The summed E-state index contributed by atoms with van der Waals surface area (Å²) in [7, 11) is 0. The highest BCUT2D eigenvalue weighted by molar-refractivity contribution is 5.20. The molecule has 2 nitrogen and oxygen atoms in total. The number of rotatable bonds is 7. The number of benzene rings is 1. The Morgan fingerprint density at radius 3 is 2.06 bits per heavy atom. The van der Waals surface area contributed by atoms with Gasteiger partial charge in [0.25, 0.3) is 0 Å². The minimum absolute atomic E-state index is 0.190. The van der Waals surface area contributed by atoms with Gasteiger partial charge in [0.1, 0.15) is 0 Å². The second-order valence-electron chi connectivity index (χ2n) is 5.70. The molecule has 2 heteroatoms. The normalized spacial score (nSPS) is 15.1. The van der Waals surface area contributed by atoms with Gasteiger partial charge in [0.2, 0.25) is 0 Å². The average molecular weight is 249 g/mol. The van der Waals surface area contributed by atoms with Crippen LogP contribution in [0.5, 0.6) is 0 Å². The van der Waals surface area contributed by atoms with E-state index in [1.807, 2.05) is 0 Å². The summed E-state index contributed by atoms with van der Waals surface area (Å²) in [5.41, 5.74) is 1.38. The molecule has 1 aromatic rings. The summed E-state index contributed by atoms with van der Waals surface area (Å²) < 4.78 is 0. The van der Waals surface area contributed by atoms with E-state index >= 15 is 0 Å². The molecule has 0 amide bonds. The van der Waals surface area contributed by atoms with Crippen LogP contribution >= 0.6 is 0 Å². The Balaban J connectivity index is 2.65. The summed E-state index contributed by atoms with van der Waals surface area (Å²) in [5.74, 6) is 1.55. The van der Waals surface area contributed by atoms with Crippen LogP contribution in [0.3, 0.4) is 0 Å². The van der Waals surface area contributed by atoms with Gasteiger partial charge in [0.05, 0.1) is 6.61 Å². The van der Waals surface area contributed by atoms with Crippen LogP contribution in [0.2, 0.25) is 0 Å². The number of aliphatic hydroxyl groups excluding tert-OH is 1. The molecule has 0 saturated carbocycles. The van der Waals surface area contributed by atoms with Gasteiger partial charge >= 0.3 is 0 Å². The van der Waals surface area contributed by atoms with Gasteiger partial charge in [-0.2, -0.15) is 0 Å². The SMILES string of the molecule is CC(C)C(CO)NCC(c1ccccc1)C(C)C. The fraction of sp³-hybridized carbons (Fsp3) is 0.625. The molecular formula is C16H27NO. The minimum Gasteiger partial charge on any atom is -0.395 e. The lowest BCUT2D eigenvalue weighted by Crippen LogP contribution is -2.40. The molecule has 1 aromatic carbocycles. The Morgan fingerprint density at radius 1 is 1.00 bits per heavy atom. The highest BCUT2D eigenvalue weighted by Crippen LogP contribution is 2.23. The van der Waals surface area contributed by atoms with Crippen LogP contribution in [0.4, 0.5) is 0 Å². The summed E-state index contributed by atoms with van der Waals surface area (Å²) in [6.45, 7) is 9.91. The van der Waals surface area contributed by atoms with Gasteiger partial charge in [-0.3, -0.25) is 0 Å². The Kier molecular flexibility index (Phi) is 6.37. The molecule has 0 aliphatic carbocycles. The van der Waals surface area contributed by atoms with Gasteiger partial charge in [0.15, 0.2) is 0 Å². The summed E-state index contributed by atoms with van der Waals surface area (Å²) >= 11 is 0. The van der Waals surface area contributed by atoms with Gasteiger partial charge in [-0.1, -0.05) is 58.0 Å². The lowest BCUT2D eigenvalue weighted by molar-refractivity contribution is 0.206. The summed E-state index contributed by atoms with van der Waals surface area (Å²) in [4.78, 5) is 0. The largest absolute Gasteiger partial charge is 0.395 e. The van der Waals surface area contributed by atoms with E-state index < -0.39 is 0 Å². The first kappa shape index (κ1) is 15.2. The van der Waals surface area contributed by atoms with Gasteiger partial charge in [0, 0.05) is 12.6 Å². The quantitative estimate of drug-likeness (QED) is 0.778. The topological polar surface area (TPSA) is 32.3 Å². The molecule has 18 heavy (non-hydrogen) atoms. The van der Waals surface area contributed by atoms with Crippen LogP contribution in [0.25, 0.3) is 0 Å². The van der Waals surface area contributed by atoms with Crippen LogP contribution in [-0.2, 0) is 0 Å². The molecule has 0 aliphatic rings. The van der Waals surface area contributed by atoms with Gasteiger partial charge < -0.3 is 10.4 Å². The molecule has 2 N–H and O–H groups in total. The zero-order valence-electron chi connectivity index (χ0n) is 12.1. The fourth-order valence-corrected chi connectivity index (χ4v) is 2.23. The van der Waals surface area contributed by atoms with E-state index in [4.69, 9.17) is 0 Å². The first-order valence-corrected chi connectivity index (χ1v) is 6.95. The van der Waals surface area contributed by atoms with E-state index in [9.17, 15) is 5.11 Å². The molecule has 2 atom stereocenters. The third kappa shape index (κ3) is 4.43. The van der Waals surface area contributed by atoms with Crippen LogP contribution in [-0.4, -0.2) is 24.3 Å². The van der Waals surface area contributed by atoms with Crippen molar-refractivity contribution < 1.29 is 5.11 Å². The second-order valence-corrected chi connectivity index (χ2v) is 5.70. The Morgan fingerprint density at radius 2 is 1.61 bits per heavy atom. The third-order valence-electron chi connectivity index (χ3n) is 3.63. The molecular weight excluding hydrogens is 222 g/mol. The molecule has 0 aliphatic heterocycles. The van der Waals surface area contributed by atoms with Crippen molar-refractivity contribution >= 4 is 0 Å². The van der Waals surface area contributed by atoms with E-state index in [-0.39, 0.29) is 12.6 Å². The number of nitrogens with one attached hydrogen (secondary N) is 1. The molecule has 1 rings (SSSR count). The summed E-state index contributed by atoms with van der Waals surface area (Å²) in [5, 5.41) is 12.9. The molecule has 0 spiro atoms. The molecule has 0 saturated heterocycles. The molecule has 2 unspecified atom stereocenters. The predicted molar refractivity (Wildman–Crippen MR) is 77.7 cm³/mol. The lowest BCUT2D eigenvalue weighted by Gasteiger charge is -2.26. The van der Waals surface area contributed by atoms with E-state index in [0.717, 1.165) is 6.54 Å². The lowest BCUT2D eigenvalue weighted by atomic mass is 9.88. The van der Waals surface area contributed by atoms with Crippen molar-refractivity contribution in [3.8, 4) is 0 Å². The highest BCUT2D eigenvalue weighted by atomic mass is 16.3. The van der Waals surface area contributed by atoms with Crippen molar-refractivity contribution in [3.05, 3.63) is 35.9 Å². The van der Waals surface area contributed by atoms with Gasteiger partial charge in [-0.05, 0) is 23.3 Å². The van der Waals surface area contributed by atoms with Gasteiger partial charge in [-0.15, -0.1) is 0 Å². The zero-order chi connectivity index (χ0) is 13.5. The summed E-state index contributed by atoms with van der Waals surface area (Å²) in [6.07, 6.45) is 0. The summed E-state index contributed by atoms with van der Waals surface area (Å²) in [6, 6.07) is 10.8. The predicted octanol–water partition coefficient (Wildman–Crippen LogP) is 3.03. The number of hydrogen-bond donors (Lipinski definition) is 2. The third-order valence-corrected chi connectivity index (χ3v) is 3.63. The Bertz CT molecular complexity index is 321. The van der Waals surface area contributed by atoms with E-state index in [1.165, 1.54) is 5.56 Å².